The Morgan fingerprint density at radius 2 is 1.59 bits per heavy atom. The van der Waals surface area contributed by atoms with Crippen LogP contribution in [-0.2, 0) is 23.9 Å². The second-order valence-corrected chi connectivity index (χ2v) is 16.4. The number of aliphatic hydroxyl groups is 3. The third kappa shape index (κ3) is 5.32. The number of aliphatic hydroxyl groups excluding tert-OH is 1. The van der Waals surface area contributed by atoms with E-state index in [9.17, 15) is 29.7 Å². The van der Waals surface area contributed by atoms with Gasteiger partial charge in [-0.3, -0.25) is 14.4 Å². The molecule has 9 heteroatoms. The molecular formula is C35H56O9. The highest BCUT2D eigenvalue weighted by atomic mass is 16.6. The quantitative estimate of drug-likeness (QED) is 0.155. The van der Waals surface area contributed by atoms with Crippen molar-refractivity contribution < 1.29 is 44.3 Å². The van der Waals surface area contributed by atoms with E-state index in [1.54, 1.807) is 13.8 Å². The first kappa shape index (κ1) is 34.9. The lowest BCUT2D eigenvalue weighted by Crippen LogP contribution is -2.70. The molecule has 4 saturated carbocycles. The Balaban J connectivity index is 1.71. The van der Waals surface area contributed by atoms with Gasteiger partial charge in [0.1, 0.15) is 18.6 Å². The van der Waals surface area contributed by atoms with Crippen molar-refractivity contribution in [3.8, 4) is 0 Å². The molecule has 0 saturated heterocycles. The van der Waals surface area contributed by atoms with Crippen LogP contribution in [-0.4, -0.2) is 67.8 Å². The van der Waals surface area contributed by atoms with Gasteiger partial charge in [0.2, 0.25) is 0 Å². The summed E-state index contributed by atoms with van der Waals surface area (Å²) in [7, 11) is 0. The smallest absolute Gasteiger partial charge is 0.317 e. The predicted octanol–water partition coefficient (Wildman–Crippen LogP) is 5.18. The molecular weight excluding hydrogens is 564 g/mol. The summed E-state index contributed by atoms with van der Waals surface area (Å²) >= 11 is 0. The molecule has 0 unspecified atom stereocenters. The van der Waals surface area contributed by atoms with Crippen LogP contribution in [0.15, 0.2) is 12.2 Å². The fraction of sp³-hybridized carbons (Fsp3) is 0.857. The van der Waals surface area contributed by atoms with Gasteiger partial charge in [0.05, 0.1) is 17.3 Å². The topological polar surface area (TPSA) is 151 Å². The van der Waals surface area contributed by atoms with Crippen molar-refractivity contribution in [2.75, 3.05) is 0 Å². The maximum Gasteiger partial charge on any atom is 0.317 e. The molecule has 4 aliphatic rings. The Kier molecular flexibility index (Phi) is 9.02. The van der Waals surface area contributed by atoms with Gasteiger partial charge in [-0.05, 0) is 99.7 Å². The zero-order chi connectivity index (χ0) is 33.3. The molecule has 4 rings (SSSR count). The van der Waals surface area contributed by atoms with Crippen LogP contribution in [0.1, 0.15) is 120 Å². The third-order valence-electron chi connectivity index (χ3n) is 13.7. The summed E-state index contributed by atoms with van der Waals surface area (Å²) in [6.45, 7) is 19.7. The first-order valence-electron chi connectivity index (χ1n) is 16.4. The number of ether oxygens (including phenoxy) is 2. The predicted molar refractivity (Wildman–Crippen MR) is 164 cm³/mol. The van der Waals surface area contributed by atoms with Gasteiger partial charge in [-0.2, -0.15) is 0 Å². The average molecular weight is 621 g/mol. The van der Waals surface area contributed by atoms with E-state index in [2.05, 4.69) is 41.2 Å². The minimum atomic E-state index is -1.53. The van der Waals surface area contributed by atoms with Gasteiger partial charge in [0, 0.05) is 18.3 Å². The summed E-state index contributed by atoms with van der Waals surface area (Å²) in [4.78, 5) is 36.1. The first-order valence-corrected chi connectivity index (χ1v) is 16.4. The molecule has 44 heavy (non-hydrogen) atoms. The molecule has 4 fully saturated rings. The third-order valence-corrected chi connectivity index (χ3v) is 13.7. The molecule has 0 aromatic carbocycles. The molecule has 11 atom stereocenters. The largest absolute Gasteiger partial charge is 0.481 e. The number of hydrogen-bond donors (Lipinski definition) is 4. The van der Waals surface area contributed by atoms with E-state index in [4.69, 9.17) is 14.6 Å². The zero-order valence-electron chi connectivity index (χ0n) is 28.1. The van der Waals surface area contributed by atoms with Crippen molar-refractivity contribution >= 4 is 17.9 Å². The highest BCUT2D eigenvalue weighted by molar-refractivity contribution is 5.90. The second-order valence-electron chi connectivity index (χ2n) is 16.4. The average Bonchev–Trinajstić information content (AvgIpc) is 3.19. The van der Waals surface area contributed by atoms with Crippen LogP contribution in [0.5, 0.6) is 0 Å². The highest BCUT2D eigenvalue weighted by Crippen LogP contribution is 2.76. The molecule has 0 aromatic heterocycles. The molecule has 250 valence electrons. The van der Waals surface area contributed by atoms with E-state index < -0.39 is 70.6 Å². The number of carbonyl (C=O) groups is 3. The summed E-state index contributed by atoms with van der Waals surface area (Å²) in [6, 6.07) is 0. The van der Waals surface area contributed by atoms with Crippen LogP contribution in [0.25, 0.3) is 0 Å². The Bertz CT molecular complexity index is 1180. The number of carboxylic acids is 1. The van der Waals surface area contributed by atoms with E-state index >= 15 is 0 Å². The molecule has 4 N–H and O–H groups in total. The van der Waals surface area contributed by atoms with Crippen LogP contribution in [0.2, 0.25) is 0 Å². The zero-order valence-corrected chi connectivity index (χ0v) is 28.1. The molecule has 9 nitrogen and oxygen atoms in total. The van der Waals surface area contributed by atoms with Crippen molar-refractivity contribution in [1.82, 2.24) is 0 Å². The fourth-order valence-corrected chi connectivity index (χ4v) is 11.1. The lowest BCUT2D eigenvalue weighted by atomic mass is 9.35. The number of carboxylic acid groups (broad SMARTS) is 1. The molecule has 0 aliphatic heterocycles. The van der Waals surface area contributed by atoms with Crippen molar-refractivity contribution in [2.45, 2.75) is 149 Å². The molecule has 0 aromatic rings. The fourth-order valence-electron chi connectivity index (χ4n) is 11.1. The van der Waals surface area contributed by atoms with E-state index in [1.165, 1.54) is 6.92 Å². The lowest BCUT2D eigenvalue weighted by Gasteiger charge is -2.71. The molecule has 0 radical (unpaired) electrons. The summed E-state index contributed by atoms with van der Waals surface area (Å²) in [6.07, 6.45) is 2.70. The number of aliphatic carboxylic acids is 1. The van der Waals surface area contributed by atoms with Crippen molar-refractivity contribution in [2.24, 2.45) is 39.4 Å². The Labute approximate surface area is 262 Å². The molecule has 0 spiro atoms. The first-order chi connectivity index (χ1) is 20.1. The van der Waals surface area contributed by atoms with Crippen LogP contribution >= 0.6 is 0 Å². The van der Waals surface area contributed by atoms with Gasteiger partial charge in [0.25, 0.3) is 0 Å². The minimum absolute atomic E-state index is 0.131. The summed E-state index contributed by atoms with van der Waals surface area (Å²) < 4.78 is 11.9. The molecule has 0 amide bonds. The van der Waals surface area contributed by atoms with E-state index in [-0.39, 0.29) is 35.5 Å². The Morgan fingerprint density at radius 3 is 2.16 bits per heavy atom. The van der Waals surface area contributed by atoms with Crippen LogP contribution in [0, 0.1) is 39.4 Å². The SMILES string of the molecule is C=C(C)[C@@H](O)CC[C@](C)(O)[C@]1(O)CC[C@]2(C)[C@@H]1[C@H](OC(C)=O)C[C@H]1[C@@]3(C)CC[C@H](OC(=O)CC(=O)O)C(C)(C)[C@@H]3CC[C@@]12C. The second kappa shape index (κ2) is 11.4. The molecule has 0 bridgehead atoms. The number of esters is 2. The molecule has 4 aliphatic carbocycles. The van der Waals surface area contributed by atoms with Gasteiger partial charge in [-0.25, -0.2) is 0 Å². The maximum atomic E-state index is 12.6. The minimum Gasteiger partial charge on any atom is -0.481 e. The van der Waals surface area contributed by atoms with E-state index in [1.807, 2.05) is 0 Å². The van der Waals surface area contributed by atoms with Crippen LogP contribution < -0.4 is 0 Å². The van der Waals surface area contributed by atoms with E-state index in [0.29, 0.717) is 31.3 Å². The lowest BCUT2D eigenvalue weighted by molar-refractivity contribution is -0.275. The summed E-state index contributed by atoms with van der Waals surface area (Å²) in [5, 5.41) is 44.0. The highest BCUT2D eigenvalue weighted by Gasteiger charge is 2.75. The Morgan fingerprint density at radius 1 is 0.955 bits per heavy atom. The van der Waals surface area contributed by atoms with Crippen LogP contribution in [0.4, 0.5) is 0 Å². The standard InChI is InChI=1S/C35H56O9/c1-20(2)22(37)10-15-34(9,41)35(42)17-16-33(8)29(35)23(43-21(3)36)18-25-31(6)13-12-26(44-28(40)19-27(38)39)30(4,5)24(31)11-14-32(25,33)7/h22-26,29,37,41-42H,1,10-19H2,2-9H3,(H,38,39)/t22-,23+,24-,25-,26-,29-,31-,32-,33+,34-,35-/m0/s1. The Hall–Kier alpha value is -1.97. The number of fused-ring (bicyclic) bond motifs is 5. The number of carbonyl (C=O) groups excluding carboxylic acids is 2. The molecule has 0 heterocycles. The van der Waals surface area contributed by atoms with Gasteiger partial charge in [-0.1, -0.05) is 46.8 Å². The number of hydrogen-bond acceptors (Lipinski definition) is 8. The van der Waals surface area contributed by atoms with Gasteiger partial charge in [-0.15, -0.1) is 0 Å². The van der Waals surface area contributed by atoms with Crippen molar-refractivity contribution in [3.05, 3.63) is 12.2 Å². The van der Waals surface area contributed by atoms with Gasteiger partial charge >= 0.3 is 17.9 Å². The summed E-state index contributed by atoms with van der Waals surface area (Å²) in [5.74, 6) is -2.53. The van der Waals surface area contributed by atoms with E-state index in [0.717, 1.165) is 19.3 Å². The number of rotatable bonds is 9. The maximum absolute atomic E-state index is 12.6. The van der Waals surface area contributed by atoms with Crippen molar-refractivity contribution in [1.29, 1.82) is 0 Å². The summed E-state index contributed by atoms with van der Waals surface area (Å²) in [5.41, 5.74) is -3.74. The normalized spacial score (nSPS) is 42.9. The van der Waals surface area contributed by atoms with Gasteiger partial charge in [0.15, 0.2) is 0 Å². The monoisotopic (exact) mass is 620 g/mol. The van der Waals surface area contributed by atoms with Crippen LogP contribution in [0.3, 0.4) is 0 Å². The van der Waals surface area contributed by atoms with Crippen molar-refractivity contribution in [3.63, 3.8) is 0 Å². The van der Waals surface area contributed by atoms with Gasteiger partial charge < -0.3 is 29.9 Å².